The number of aryl methyl sites for hydroxylation is 2. The second kappa shape index (κ2) is 10.7. The SMILES string of the molecule is CNC(=O)[C@H](C)N(Cc1cccc(Br)c1)C(=O)CSCc1cc(C)cc(C)c1. The molecule has 1 atom stereocenters. The molecule has 0 heterocycles. The average molecular weight is 463 g/mol. The van der Waals surface area contributed by atoms with Gasteiger partial charge in [-0.05, 0) is 44.0 Å². The lowest BCUT2D eigenvalue weighted by atomic mass is 10.1. The van der Waals surface area contributed by atoms with Crippen LogP contribution in [-0.4, -0.2) is 35.6 Å². The van der Waals surface area contributed by atoms with Crippen molar-refractivity contribution in [2.45, 2.75) is 39.1 Å². The van der Waals surface area contributed by atoms with Crippen molar-refractivity contribution >= 4 is 39.5 Å². The Bertz CT molecular complexity index is 821. The molecule has 2 aromatic rings. The molecule has 0 radical (unpaired) electrons. The van der Waals surface area contributed by atoms with Gasteiger partial charge in [-0.25, -0.2) is 0 Å². The maximum absolute atomic E-state index is 12.9. The summed E-state index contributed by atoms with van der Waals surface area (Å²) in [7, 11) is 1.59. The highest BCUT2D eigenvalue weighted by Gasteiger charge is 2.25. The Balaban J connectivity index is 2.06. The van der Waals surface area contributed by atoms with Crippen molar-refractivity contribution in [1.82, 2.24) is 10.2 Å². The summed E-state index contributed by atoms with van der Waals surface area (Å²) in [6.45, 7) is 6.33. The Kier molecular flexibility index (Phi) is 8.58. The molecule has 0 spiro atoms. The Morgan fingerprint density at radius 3 is 2.39 bits per heavy atom. The predicted octanol–water partition coefficient (Wildman–Crippen LogP) is 4.46. The quantitative estimate of drug-likeness (QED) is 0.629. The van der Waals surface area contributed by atoms with Gasteiger partial charge in [-0.1, -0.05) is 57.4 Å². The highest BCUT2D eigenvalue weighted by atomic mass is 79.9. The van der Waals surface area contributed by atoms with E-state index in [-0.39, 0.29) is 11.8 Å². The third kappa shape index (κ3) is 6.67. The fraction of sp³-hybridized carbons (Fsp3) is 0.364. The highest BCUT2D eigenvalue weighted by molar-refractivity contribution is 9.10. The van der Waals surface area contributed by atoms with Gasteiger partial charge in [0, 0.05) is 23.8 Å². The number of nitrogens with one attached hydrogen (secondary N) is 1. The molecule has 0 bridgehead atoms. The largest absolute Gasteiger partial charge is 0.357 e. The Hall–Kier alpha value is -1.79. The van der Waals surface area contributed by atoms with Crippen molar-refractivity contribution in [3.05, 3.63) is 69.2 Å². The van der Waals surface area contributed by atoms with E-state index in [0.717, 1.165) is 15.8 Å². The number of rotatable bonds is 8. The van der Waals surface area contributed by atoms with Gasteiger partial charge in [-0.3, -0.25) is 9.59 Å². The van der Waals surface area contributed by atoms with Crippen molar-refractivity contribution in [3.63, 3.8) is 0 Å². The summed E-state index contributed by atoms with van der Waals surface area (Å²) in [6, 6.07) is 13.7. The third-order valence-corrected chi connectivity index (χ3v) is 5.91. The van der Waals surface area contributed by atoms with Gasteiger partial charge >= 0.3 is 0 Å². The van der Waals surface area contributed by atoms with Crippen LogP contribution in [0.15, 0.2) is 46.9 Å². The molecule has 0 aromatic heterocycles. The molecule has 0 aliphatic heterocycles. The molecule has 0 unspecified atom stereocenters. The van der Waals surface area contributed by atoms with Crippen LogP contribution in [0.5, 0.6) is 0 Å². The molecule has 2 amide bonds. The first kappa shape index (κ1) is 22.5. The fourth-order valence-corrected chi connectivity index (χ4v) is 4.41. The summed E-state index contributed by atoms with van der Waals surface area (Å²) < 4.78 is 0.953. The Morgan fingerprint density at radius 2 is 1.79 bits per heavy atom. The standard InChI is InChI=1S/C22H27BrN2O2S/c1-15-8-16(2)10-19(9-15)13-28-14-21(26)25(17(3)22(27)24-4)12-18-6-5-7-20(23)11-18/h5-11,17H,12-14H2,1-4H3,(H,24,27)/t17-/m0/s1. The lowest BCUT2D eigenvalue weighted by Crippen LogP contribution is -2.47. The number of benzene rings is 2. The Labute approximate surface area is 180 Å². The van der Waals surface area contributed by atoms with Gasteiger partial charge < -0.3 is 10.2 Å². The molecule has 0 aliphatic rings. The van der Waals surface area contributed by atoms with Crippen LogP contribution in [-0.2, 0) is 21.9 Å². The number of thioether (sulfide) groups is 1. The van der Waals surface area contributed by atoms with Crippen molar-refractivity contribution in [1.29, 1.82) is 0 Å². The predicted molar refractivity (Wildman–Crippen MR) is 120 cm³/mol. The summed E-state index contributed by atoms with van der Waals surface area (Å²) in [5.41, 5.74) is 4.66. The molecule has 0 saturated heterocycles. The zero-order valence-electron chi connectivity index (χ0n) is 16.8. The normalized spacial score (nSPS) is 11.8. The molecule has 0 saturated carbocycles. The van der Waals surface area contributed by atoms with Gasteiger partial charge in [0.1, 0.15) is 6.04 Å². The zero-order valence-corrected chi connectivity index (χ0v) is 19.2. The van der Waals surface area contributed by atoms with Gasteiger partial charge in [-0.2, -0.15) is 0 Å². The second-order valence-corrected chi connectivity index (χ2v) is 8.83. The number of amides is 2. The summed E-state index contributed by atoms with van der Waals surface area (Å²) >= 11 is 5.04. The van der Waals surface area contributed by atoms with E-state index in [1.165, 1.54) is 16.7 Å². The van der Waals surface area contributed by atoms with E-state index in [9.17, 15) is 9.59 Å². The van der Waals surface area contributed by atoms with E-state index < -0.39 is 6.04 Å². The minimum Gasteiger partial charge on any atom is -0.357 e. The van der Waals surface area contributed by atoms with Gasteiger partial charge in [-0.15, -0.1) is 11.8 Å². The number of carbonyl (C=O) groups is 2. The average Bonchev–Trinajstić information content (AvgIpc) is 2.64. The van der Waals surface area contributed by atoms with E-state index in [4.69, 9.17) is 0 Å². The van der Waals surface area contributed by atoms with E-state index in [1.54, 1.807) is 30.6 Å². The van der Waals surface area contributed by atoms with Crippen molar-refractivity contribution < 1.29 is 9.59 Å². The van der Waals surface area contributed by atoms with Crippen molar-refractivity contribution in [3.8, 4) is 0 Å². The van der Waals surface area contributed by atoms with Crippen LogP contribution in [0.25, 0.3) is 0 Å². The molecular formula is C22H27BrN2O2S. The lowest BCUT2D eigenvalue weighted by molar-refractivity contribution is -0.138. The maximum Gasteiger partial charge on any atom is 0.242 e. The monoisotopic (exact) mass is 462 g/mol. The lowest BCUT2D eigenvalue weighted by Gasteiger charge is -2.28. The van der Waals surface area contributed by atoms with E-state index in [1.807, 2.05) is 24.3 Å². The molecule has 0 aliphatic carbocycles. The molecule has 0 fully saturated rings. The van der Waals surface area contributed by atoms with Crippen LogP contribution in [0, 0.1) is 13.8 Å². The number of carbonyl (C=O) groups excluding carboxylic acids is 2. The number of hydrogen-bond acceptors (Lipinski definition) is 3. The van der Waals surface area contributed by atoms with E-state index in [0.29, 0.717) is 12.3 Å². The maximum atomic E-state index is 12.9. The van der Waals surface area contributed by atoms with Gasteiger partial charge in [0.25, 0.3) is 0 Å². The molecular weight excluding hydrogens is 436 g/mol. The molecule has 2 aromatic carbocycles. The second-order valence-electron chi connectivity index (χ2n) is 6.93. The van der Waals surface area contributed by atoms with Crippen molar-refractivity contribution in [2.24, 2.45) is 0 Å². The number of hydrogen-bond donors (Lipinski definition) is 1. The van der Waals surface area contributed by atoms with Crippen LogP contribution in [0.2, 0.25) is 0 Å². The molecule has 1 N–H and O–H groups in total. The topological polar surface area (TPSA) is 49.4 Å². The fourth-order valence-electron chi connectivity index (χ4n) is 3.11. The number of likely N-dealkylation sites (N-methyl/N-ethyl adjacent to an activating group) is 1. The summed E-state index contributed by atoms with van der Waals surface area (Å²) in [4.78, 5) is 26.7. The van der Waals surface area contributed by atoms with Crippen LogP contribution in [0.1, 0.15) is 29.2 Å². The minimum atomic E-state index is -0.529. The van der Waals surface area contributed by atoms with E-state index >= 15 is 0 Å². The summed E-state index contributed by atoms with van der Waals surface area (Å²) in [6.07, 6.45) is 0. The van der Waals surface area contributed by atoms with Crippen LogP contribution >= 0.6 is 27.7 Å². The minimum absolute atomic E-state index is 0.0366. The molecule has 28 heavy (non-hydrogen) atoms. The Morgan fingerprint density at radius 1 is 1.11 bits per heavy atom. The zero-order chi connectivity index (χ0) is 20.7. The van der Waals surface area contributed by atoms with Crippen LogP contribution < -0.4 is 5.32 Å². The van der Waals surface area contributed by atoms with E-state index in [2.05, 4.69) is 53.3 Å². The first-order chi connectivity index (χ1) is 13.3. The summed E-state index contributed by atoms with van der Waals surface area (Å²) in [5.74, 6) is 0.906. The third-order valence-electron chi connectivity index (χ3n) is 4.43. The van der Waals surface area contributed by atoms with Crippen LogP contribution in [0.3, 0.4) is 0 Å². The van der Waals surface area contributed by atoms with Gasteiger partial charge in [0.15, 0.2) is 0 Å². The molecule has 2 rings (SSSR count). The first-order valence-corrected chi connectivity index (χ1v) is 11.2. The smallest absolute Gasteiger partial charge is 0.242 e. The molecule has 150 valence electrons. The summed E-state index contributed by atoms with van der Waals surface area (Å²) in [5, 5.41) is 2.64. The number of halogens is 1. The molecule has 6 heteroatoms. The highest BCUT2D eigenvalue weighted by Crippen LogP contribution is 2.19. The van der Waals surface area contributed by atoms with Gasteiger partial charge in [0.05, 0.1) is 5.75 Å². The van der Waals surface area contributed by atoms with Gasteiger partial charge in [0.2, 0.25) is 11.8 Å². The number of nitrogens with zero attached hydrogens (tertiary/aromatic N) is 1. The van der Waals surface area contributed by atoms with Crippen LogP contribution in [0.4, 0.5) is 0 Å². The first-order valence-electron chi connectivity index (χ1n) is 9.20. The van der Waals surface area contributed by atoms with Crippen molar-refractivity contribution in [2.75, 3.05) is 12.8 Å². The molecule has 4 nitrogen and oxygen atoms in total.